The maximum atomic E-state index is 12.7. The molecule has 1 spiro atoms. The molecule has 5 heteroatoms. The Morgan fingerprint density at radius 3 is 2.57 bits per heavy atom. The number of hydrogen-bond acceptors (Lipinski definition) is 4. The van der Waals surface area contributed by atoms with Crippen LogP contribution in [0.15, 0.2) is 12.1 Å². The molecule has 4 aliphatic rings. The maximum absolute atomic E-state index is 12.7. The van der Waals surface area contributed by atoms with E-state index in [9.17, 15) is 9.59 Å². The molecule has 23 heavy (non-hydrogen) atoms. The molecule has 1 saturated heterocycles. The number of hydrogen-bond donors (Lipinski definition) is 0. The topological polar surface area (TPSA) is 55.8 Å². The Bertz CT molecular complexity index is 758. The van der Waals surface area contributed by atoms with Crippen LogP contribution < -0.4 is 9.47 Å². The largest absolute Gasteiger partial charge is 0.493 e. The zero-order chi connectivity index (χ0) is 15.9. The van der Waals surface area contributed by atoms with Crippen LogP contribution in [-0.4, -0.2) is 37.4 Å². The number of benzene rings is 1. The van der Waals surface area contributed by atoms with Crippen LogP contribution in [0.1, 0.15) is 24.0 Å². The van der Waals surface area contributed by atoms with Crippen molar-refractivity contribution < 1.29 is 19.1 Å². The van der Waals surface area contributed by atoms with Crippen molar-refractivity contribution in [2.24, 2.45) is 17.8 Å². The Labute approximate surface area is 134 Å². The molecular weight excluding hydrogens is 294 g/mol. The highest BCUT2D eigenvalue weighted by atomic mass is 16.5. The summed E-state index contributed by atoms with van der Waals surface area (Å²) in [5, 5.41) is 0. The van der Waals surface area contributed by atoms with Crippen molar-refractivity contribution in [2.45, 2.75) is 24.8 Å². The number of ether oxygens (including phenoxy) is 2. The molecule has 2 aliphatic carbocycles. The van der Waals surface area contributed by atoms with Crippen LogP contribution in [-0.2, 0) is 21.5 Å². The van der Waals surface area contributed by atoms with Crippen molar-refractivity contribution in [3.05, 3.63) is 23.3 Å². The number of rotatable bonds is 2. The lowest BCUT2D eigenvalue weighted by Gasteiger charge is -2.48. The normalized spacial score (nSPS) is 36.3. The fraction of sp³-hybridized carbons (Fsp3) is 0.556. The highest BCUT2D eigenvalue weighted by Gasteiger charge is 2.78. The van der Waals surface area contributed by atoms with Gasteiger partial charge in [0.1, 0.15) is 5.78 Å². The molecule has 2 heterocycles. The minimum Gasteiger partial charge on any atom is -0.493 e. The Hall–Kier alpha value is -2.04. The van der Waals surface area contributed by atoms with Gasteiger partial charge in [-0.15, -0.1) is 0 Å². The third kappa shape index (κ3) is 1.35. The molecule has 1 aromatic carbocycles. The number of Topliss-reactive ketones (excluding diaryl/α,β-unsaturated/α-hetero) is 1. The molecule has 1 amide bonds. The average molecular weight is 313 g/mol. The summed E-state index contributed by atoms with van der Waals surface area (Å²) in [6.45, 7) is 0.745. The van der Waals surface area contributed by atoms with Crippen LogP contribution in [0.25, 0.3) is 0 Å². The first-order chi connectivity index (χ1) is 11.1. The van der Waals surface area contributed by atoms with Gasteiger partial charge >= 0.3 is 0 Å². The summed E-state index contributed by atoms with van der Waals surface area (Å²) in [5.74, 6) is 1.98. The first-order valence-corrected chi connectivity index (χ1v) is 8.23. The lowest BCUT2D eigenvalue weighted by molar-refractivity contribution is -0.142. The molecule has 2 aliphatic heterocycles. The molecule has 1 unspecified atom stereocenters. The number of carbonyl (C=O) groups is 2. The van der Waals surface area contributed by atoms with Crippen LogP contribution >= 0.6 is 0 Å². The van der Waals surface area contributed by atoms with Crippen molar-refractivity contribution in [1.82, 2.24) is 4.90 Å². The average Bonchev–Trinajstić information content (AvgIpc) is 3.28. The first kappa shape index (κ1) is 13.4. The predicted molar refractivity (Wildman–Crippen MR) is 81.4 cm³/mol. The lowest BCUT2D eigenvalue weighted by atomic mass is 9.71. The summed E-state index contributed by atoms with van der Waals surface area (Å²) in [7, 11) is 3.28. The van der Waals surface area contributed by atoms with E-state index in [1.54, 1.807) is 14.2 Å². The number of ketones is 1. The minimum absolute atomic E-state index is 0.0356. The predicted octanol–water partition coefficient (Wildman–Crippen LogP) is 1.52. The standard InChI is InChI=1S/C18H19NO4/c1-22-12-7-9-4-6-19-17(21)15-14-11(20)3-5-18(19,16(14)15)10(9)8-13(12)23-2/h7-8,14-16H,3-6H2,1-2H3/t14-,15?,16-,18+/m0/s1. The van der Waals surface area contributed by atoms with Crippen molar-refractivity contribution >= 4 is 11.7 Å². The number of methoxy groups -OCH3 is 2. The molecule has 4 atom stereocenters. The second-order valence-electron chi connectivity index (χ2n) is 7.07. The van der Waals surface area contributed by atoms with E-state index in [4.69, 9.17) is 9.47 Å². The Balaban J connectivity index is 1.72. The Morgan fingerprint density at radius 2 is 1.83 bits per heavy atom. The van der Waals surface area contributed by atoms with Gasteiger partial charge in [-0.2, -0.15) is 0 Å². The summed E-state index contributed by atoms with van der Waals surface area (Å²) in [6.07, 6.45) is 2.16. The van der Waals surface area contributed by atoms with E-state index in [1.807, 2.05) is 12.1 Å². The highest BCUT2D eigenvalue weighted by molar-refractivity contribution is 6.00. The molecule has 1 aromatic rings. The van der Waals surface area contributed by atoms with Gasteiger partial charge in [-0.25, -0.2) is 0 Å². The van der Waals surface area contributed by atoms with Crippen LogP contribution in [0, 0.1) is 17.8 Å². The third-order valence-electron chi connectivity index (χ3n) is 6.41. The quantitative estimate of drug-likeness (QED) is 0.831. The molecule has 0 bridgehead atoms. The van der Waals surface area contributed by atoms with Gasteiger partial charge in [-0.05, 0) is 36.1 Å². The molecule has 2 saturated carbocycles. The Kier molecular flexibility index (Phi) is 2.37. The summed E-state index contributed by atoms with van der Waals surface area (Å²) < 4.78 is 10.9. The van der Waals surface area contributed by atoms with Gasteiger partial charge in [0.2, 0.25) is 5.91 Å². The van der Waals surface area contributed by atoms with Crippen LogP contribution in [0.4, 0.5) is 0 Å². The van der Waals surface area contributed by atoms with E-state index in [-0.39, 0.29) is 35.0 Å². The summed E-state index contributed by atoms with van der Waals surface area (Å²) in [6, 6.07) is 4.09. The van der Waals surface area contributed by atoms with E-state index in [0.717, 1.165) is 25.1 Å². The van der Waals surface area contributed by atoms with E-state index in [2.05, 4.69) is 4.90 Å². The number of carbonyl (C=O) groups excluding carboxylic acids is 2. The second kappa shape index (κ2) is 4.08. The number of nitrogens with zero attached hydrogens (tertiary/aromatic N) is 1. The monoisotopic (exact) mass is 313 g/mol. The molecule has 0 aromatic heterocycles. The SMILES string of the molecule is COc1cc2c(cc1OC)[C@@]13CCC(=O)[C@H]4C(C(=O)N1CC2)[C@H]43. The second-order valence-corrected chi connectivity index (χ2v) is 7.07. The minimum atomic E-state index is -0.284. The number of piperidine rings is 1. The van der Waals surface area contributed by atoms with E-state index in [1.165, 1.54) is 11.1 Å². The van der Waals surface area contributed by atoms with E-state index >= 15 is 0 Å². The van der Waals surface area contributed by atoms with Crippen molar-refractivity contribution in [2.75, 3.05) is 20.8 Å². The van der Waals surface area contributed by atoms with Gasteiger partial charge in [0, 0.05) is 24.8 Å². The molecule has 0 radical (unpaired) electrons. The Morgan fingerprint density at radius 1 is 1.09 bits per heavy atom. The fourth-order valence-electron chi connectivity index (χ4n) is 5.48. The lowest BCUT2D eigenvalue weighted by Crippen LogP contribution is -2.54. The first-order valence-electron chi connectivity index (χ1n) is 8.23. The van der Waals surface area contributed by atoms with Crippen molar-refractivity contribution in [3.8, 4) is 11.5 Å². The maximum Gasteiger partial charge on any atom is 0.227 e. The van der Waals surface area contributed by atoms with Gasteiger partial charge in [0.05, 0.1) is 25.7 Å². The van der Waals surface area contributed by atoms with Crippen molar-refractivity contribution in [1.29, 1.82) is 0 Å². The van der Waals surface area contributed by atoms with Gasteiger partial charge in [-0.1, -0.05) is 0 Å². The zero-order valence-corrected chi connectivity index (χ0v) is 13.3. The zero-order valence-electron chi connectivity index (χ0n) is 13.3. The molecule has 5 rings (SSSR count). The van der Waals surface area contributed by atoms with Crippen molar-refractivity contribution in [3.63, 3.8) is 0 Å². The van der Waals surface area contributed by atoms with Gasteiger partial charge in [0.25, 0.3) is 0 Å². The highest BCUT2D eigenvalue weighted by Crippen LogP contribution is 2.70. The summed E-state index contributed by atoms with van der Waals surface area (Å²) in [5.41, 5.74) is 2.12. The van der Waals surface area contributed by atoms with Crippen LogP contribution in [0.2, 0.25) is 0 Å². The smallest absolute Gasteiger partial charge is 0.227 e. The molecule has 120 valence electrons. The van der Waals surface area contributed by atoms with Crippen LogP contribution in [0.5, 0.6) is 11.5 Å². The number of amides is 1. The number of fused-ring (bicyclic) bond motifs is 2. The summed E-state index contributed by atoms with van der Waals surface area (Å²) >= 11 is 0. The van der Waals surface area contributed by atoms with Gasteiger partial charge < -0.3 is 14.4 Å². The fourth-order valence-corrected chi connectivity index (χ4v) is 5.48. The molecule has 0 N–H and O–H groups in total. The van der Waals surface area contributed by atoms with E-state index in [0.29, 0.717) is 12.2 Å². The third-order valence-corrected chi connectivity index (χ3v) is 6.41. The van der Waals surface area contributed by atoms with Gasteiger partial charge in [0.15, 0.2) is 11.5 Å². The van der Waals surface area contributed by atoms with E-state index < -0.39 is 0 Å². The molecular formula is C18H19NO4. The van der Waals surface area contributed by atoms with Gasteiger partial charge in [-0.3, -0.25) is 9.59 Å². The molecule has 5 nitrogen and oxygen atoms in total. The van der Waals surface area contributed by atoms with Crippen LogP contribution in [0.3, 0.4) is 0 Å². The molecule has 3 fully saturated rings. The summed E-state index contributed by atoms with van der Waals surface area (Å²) in [4.78, 5) is 27.0.